The first-order valence-corrected chi connectivity index (χ1v) is 7.58. The van der Waals surface area contributed by atoms with E-state index in [-0.39, 0.29) is 11.3 Å². The number of hydrogen-bond donors (Lipinski definition) is 0. The Balaban J connectivity index is 2.38. The van der Waals surface area contributed by atoms with E-state index in [1.165, 1.54) is 6.92 Å². The minimum absolute atomic E-state index is 0.0247. The zero-order valence-corrected chi connectivity index (χ0v) is 11.9. The van der Waals surface area contributed by atoms with E-state index >= 15 is 0 Å². The SMILES string of the molecule is Cc1cc(F)c(N2CCCC2)cc1OS(=O)(=O)C(F)(F)F. The second-order valence-corrected chi connectivity index (χ2v) is 6.28. The molecule has 0 aromatic heterocycles. The Morgan fingerprint density at radius 2 is 1.76 bits per heavy atom. The third kappa shape index (κ3) is 3.22. The fourth-order valence-electron chi connectivity index (χ4n) is 2.10. The molecule has 1 saturated heterocycles. The first-order chi connectivity index (χ1) is 9.62. The largest absolute Gasteiger partial charge is 0.534 e. The minimum Gasteiger partial charge on any atom is -0.376 e. The summed E-state index contributed by atoms with van der Waals surface area (Å²) in [5.41, 5.74) is -5.50. The summed E-state index contributed by atoms with van der Waals surface area (Å²) in [6, 6.07) is 1.97. The van der Waals surface area contributed by atoms with E-state index in [0.717, 1.165) is 25.0 Å². The van der Waals surface area contributed by atoms with Crippen LogP contribution in [0.2, 0.25) is 0 Å². The van der Waals surface area contributed by atoms with E-state index in [9.17, 15) is 26.0 Å². The van der Waals surface area contributed by atoms with Crippen molar-refractivity contribution < 1.29 is 30.2 Å². The third-order valence-corrected chi connectivity index (χ3v) is 4.14. The zero-order chi connectivity index (χ0) is 15.8. The summed E-state index contributed by atoms with van der Waals surface area (Å²) >= 11 is 0. The van der Waals surface area contributed by atoms with Crippen molar-refractivity contribution in [3.8, 4) is 5.75 Å². The van der Waals surface area contributed by atoms with Gasteiger partial charge in [0.25, 0.3) is 0 Å². The maximum absolute atomic E-state index is 13.9. The zero-order valence-electron chi connectivity index (χ0n) is 11.1. The van der Waals surface area contributed by atoms with E-state index in [1.54, 1.807) is 4.90 Å². The number of anilines is 1. The summed E-state index contributed by atoms with van der Waals surface area (Å²) in [7, 11) is -5.77. The minimum atomic E-state index is -5.77. The van der Waals surface area contributed by atoms with Crippen molar-refractivity contribution in [2.24, 2.45) is 0 Å². The molecule has 1 aliphatic rings. The lowest BCUT2D eigenvalue weighted by atomic mass is 10.2. The Bertz CT molecular complexity index is 637. The van der Waals surface area contributed by atoms with Gasteiger partial charge in [0.15, 0.2) is 0 Å². The van der Waals surface area contributed by atoms with Crippen molar-refractivity contribution in [1.29, 1.82) is 0 Å². The molecule has 0 N–H and O–H groups in total. The summed E-state index contributed by atoms with van der Waals surface area (Å²) in [5.74, 6) is -1.14. The Kier molecular flexibility index (Phi) is 4.05. The molecule has 0 atom stereocenters. The van der Waals surface area contributed by atoms with Gasteiger partial charge in [-0.05, 0) is 31.4 Å². The molecular formula is C12H13F4NO3S. The first kappa shape index (κ1) is 15.9. The third-order valence-electron chi connectivity index (χ3n) is 3.17. The topological polar surface area (TPSA) is 46.6 Å². The van der Waals surface area contributed by atoms with Crippen molar-refractivity contribution in [3.05, 3.63) is 23.5 Å². The number of alkyl halides is 3. The molecule has 0 spiro atoms. The molecule has 0 amide bonds. The molecule has 1 fully saturated rings. The van der Waals surface area contributed by atoms with Gasteiger partial charge in [-0.2, -0.15) is 21.6 Å². The van der Waals surface area contributed by atoms with Crippen LogP contribution in [0.4, 0.5) is 23.2 Å². The van der Waals surface area contributed by atoms with Gasteiger partial charge in [-0.15, -0.1) is 0 Å². The second-order valence-electron chi connectivity index (χ2n) is 4.75. The summed E-state index contributed by atoms with van der Waals surface area (Å²) in [6.07, 6.45) is 1.68. The van der Waals surface area contributed by atoms with Gasteiger partial charge in [0.1, 0.15) is 11.6 Å². The van der Waals surface area contributed by atoms with E-state index < -0.39 is 27.2 Å². The molecule has 21 heavy (non-hydrogen) atoms. The van der Waals surface area contributed by atoms with Crippen molar-refractivity contribution in [1.82, 2.24) is 0 Å². The van der Waals surface area contributed by atoms with E-state index in [1.807, 2.05) is 0 Å². The monoisotopic (exact) mass is 327 g/mol. The average Bonchev–Trinajstić information content (AvgIpc) is 2.84. The van der Waals surface area contributed by atoms with Gasteiger partial charge in [0.2, 0.25) is 0 Å². The highest BCUT2D eigenvalue weighted by molar-refractivity contribution is 7.88. The number of hydrogen-bond acceptors (Lipinski definition) is 4. The fourth-order valence-corrected chi connectivity index (χ4v) is 2.61. The molecular weight excluding hydrogens is 314 g/mol. The fraction of sp³-hybridized carbons (Fsp3) is 0.500. The Labute approximate surface area is 119 Å². The van der Waals surface area contributed by atoms with Crippen LogP contribution >= 0.6 is 0 Å². The molecule has 1 heterocycles. The lowest BCUT2D eigenvalue weighted by Gasteiger charge is -2.20. The van der Waals surface area contributed by atoms with E-state index in [2.05, 4.69) is 4.18 Å². The Morgan fingerprint density at radius 3 is 2.29 bits per heavy atom. The van der Waals surface area contributed by atoms with Crippen LogP contribution in [-0.4, -0.2) is 27.0 Å². The highest BCUT2D eigenvalue weighted by Gasteiger charge is 2.48. The molecule has 0 radical (unpaired) electrons. The highest BCUT2D eigenvalue weighted by atomic mass is 32.2. The molecule has 4 nitrogen and oxygen atoms in total. The van der Waals surface area contributed by atoms with Crippen molar-refractivity contribution in [2.75, 3.05) is 18.0 Å². The van der Waals surface area contributed by atoms with Crippen LogP contribution in [0.1, 0.15) is 18.4 Å². The maximum atomic E-state index is 13.9. The van der Waals surface area contributed by atoms with Gasteiger partial charge in [-0.25, -0.2) is 4.39 Å². The van der Waals surface area contributed by atoms with Crippen LogP contribution in [0, 0.1) is 12.7 Å². The van der Waals surface area contributed by atoms with Crippen LogP contribution in [0.5, 0.6) is 5.75 Å². The molecule has 0 saturated carbocycles. The van der Waals surface area contributed by atoms with Crippen LogP contribution < -0.4 is 9.08 Å². The number of nitrogens with zero attached hydrogens (tertiary/aromatic N) is 1. The summed E-state index contributed by atoms with van der Waals surface area (Å²) in [4.78, 5) is 1.64. The molecule has 2 rings (SSSR count). The Hall–Kier alpha value is -1.51. The van der Waals surface area contributed by atoms with Crippen LogP contribution in [-0.2, 0) is 10.1 Å². The first-order valence-electron chi connectivity index (χ1n) is 6.17. The van der Waals surface area contributed by atoms with E-state index in [4.69, 9.17) is 0 Å². The quantitative estimate of drug-likeness (QED) is 0.486. The molecule has 1 aromatic carbocycles. The van der Waals surface area contributed by atoms with Gasteiger partial charge < -0.3 is 9.08 Å². The summed E-state index contributed by atoms with van der Waals surface area (Å²) in [5, 5.41) is 0. The number of halogens is 4. The molecule has 1 aromatic rings. The molecule has 9 heteroatoms. The standard InChI is InChI=1S/C12H13F4NO3S/c1-8-6-9(13)10(17-4-2-3-5-17)7-11(8)20-21(18,19)12(14,15)16/h6-7H,2-5H2,1H3. The van der Waals surface area contributed by atoms with Crippen molar-refractivity contribution in [2.45, 2.75) is 25.3 Å². The molecule has 118 valence electrons. The Morgan fingerprint density at radius 1 is 1.19 bits per heavy atom. The average molecular weight is 327 g/mol. The van der Waals surface area contributed by atoms with Crippen molar-refractivity contribution >= 4 is 15.8 Å². The normalized spacial score (nSPS) is 16.3. The van der Waals surface area contributed by atoms with Gasteiger partial charge in [0, 0.05) is 19.2 Å². The number of rotatable bonds is 3. The second kappa shape index (κ2) is 5.36. The lowest BCUT2D eigenvalue weighted by Crippen LogP contribution is -2.28. The number of aryl methyl sites for hydroxylation is 1. The predicted molar refractivity (Wildman–Crippen MR) is 68.2 cm³/mol. The smallest absolute Gasteiger partial charge is 0.376 e. The molecule has 1 aliphatic heterocycles. The number of benzene rings is 1. The molecule has 0 unspecified atom stereocenters. The van der Waals surface area contributed by atoms with Gasteiger partial charge >= 0.3 is 15.6 Å². The van der Waals surface area contributed by atoms with Crippen LogP contribution in [0.3, 0.4) is 0 Å². The van der Waals surface area contributed by atoms with E-state index in [0.29, 0.717) is 13.1 Å². The summed E-state index contributed by atoms with van der Waals surface area (Å²) in [6.45, 7) is 2.40. The van der Waals surface area contributed by atoms with Gasteiger partial charge in [-0.1, -0.05) is 0 Å². The highest BCUT2D eigenvalue weighted by Crippen LogP contribution is 2.34. The maximum Gasteiger partial charge on any atom is 0.534 e. The van der Waals surface area contributed by atoms with Gasteiger partial charge in [0.05, 0.1) is 5.69 Å². The molecule has 0 bridgehead atoms. The predicted octanol–water partition coefficient (Wildman–Crippen LogP) is 2.96. The van der Waals surface area contributed by atoms with Crippen LogP contribution in [0.15, 0.2) is 12.1 Å². The van der Waals surface area contributed by atoms with Gasteiger partial charge in [-0.3, -0.25) is 0 Å². The van der Waals surface area contributed by atoms with Crippen molar-refractivity contribution in [3.63, 3.8) is 0 Å². The lowest BCUT2D eigenvalue weighted by molar-refractivity contribution is -0.0500. The van der Waals surface area contributed by atoms with Crippen LogP contribution in [0.25, 0.3) is 0 Å². The molecule has 0 aliphatic carbocycles. The summed E-state index contributed by atoms with van der Waals surface area (Å²) < 4.78 is 77.1.